The zero-order valence-corrected chi connectivity index (χ0v) is 79.5. The number of aromatic nitrogens is 9. The Hall–Kier alpha value is -17.0. The molecule has 0 saturated heterocycles. The summed E-state index contributed by atoms with van der Waals surface area (Å²) in [4.78, 5) is 44.5. The maximum absolute atomic E-state index is 9.01. The summed E-state index contributed by atoms with van der Waals surface area (Å²) < 4.78 is 106. The van der Waals surface area contributed by atoms with Crippen molar-refractivity contribution in [1.29, 1.82) is 0 Å². The van der Waals surface area contributed by atoms with Crippen LogP contribution in [0.3, 0.4) is 0 Å². The van der Waals surface area contributed by atoms with E-state index in [0.717, 1.165) is 82.4 Å². The average molecular weight is 1990 g/mol. The number of fused-ring (bicyclic) bond motifs is 14. The zero-order chi connectivity index (χ0) is 103. The molecule has 10 nitrogen and oxygen atoms in total. The zero-order valence-electron chi connectivity index (χ0n) is 85.3. The molecule has 13 heteroatoms. The third-order valence-corrected chi connectivity index (χ3v) is 31.2. The fourth-order valence-corrected chi connectivity index (χ4v) is 24.4. The Balaban J connectivity index is 0.000000117. The van der Waals surface area contributed by atoms with Gasteiger partial charge in [-0.3, -0.25) is 0 Å². The smallest absolute Gasteiger partial charge is 0.0615 e. The fourth-order valence-electron chi connectivity index (χ4n) is 18.5. The normalized spacial score (nSPS) is 12.6. The molecule has 1 radical (unpaired) electrons. The first-order valence-electron chi connectivity index (χ1n) is 51.1. The average Bonchev–Trinajstić information content (AvgIpc) is 1.63. The van der Waals surface area contributed by atoms with Crippen molar-refractivity contribution in [3.05, 3.63) is 473 Å². The summed E-state index contributed by atoms with van der Waals surface area (Å²) in [5, 5.41) is 16.7. The van der Waals surface area contributed by atoms with Crippen LogP contribution in [0.1, 0.15) is 15.1 Å². The van der Waals surface area contributed by atoms with Gasteiger partial charge in [0.05, 0.1) is 0 Å². The van der Waals surface area contributed by atoms with Gasteiger partial charge in [0, 0.05) is 11.1 Å². The van der Waals surface area contributed by atoms with E-state index in [-0.39, 0.29) is 70.3 Å². The number of benzene rings is 21. The molecule has 0 atom stereocenters. The van der Waals surface area contributed by atoms with E-state index in [2.05, 4.69) is 234 Å². The van der Waals surface area contributed by atoms with Crippen LogP contribution in [0.25, 0.3) is 262 Å². The quantitative estimate of drug-likeness (QED) is 0.0766. The van der Waals surface area contributed by atoms with Crippen molar-refractivity contribution >= 4 is 153 Å². The van der Waals surface area contributed by atoms with Gasteiger partial charge in [0.1, 0.15) is 5.58 Å². The van der Waals surface area contributed by atoms with Crippen LogP contribution >= 0.6 is 0 Å². The van der Waals surface area contributed by atoms with E-state index in [1.165, 1.54) is 94.0 Å². The molecule has 0 unspecified atom stereocenters. The van der Waals surface area contributed by atoms with E-state index in [0.29, 0.717) is 60.6 Å². The maximum atomic E-state index is 9.01. The number of para-hydroxylation sites is 1. The van der Waals surface area contributed by atoms with E-state index in [1.54, 1.807) is 0 Å². The van der Waals surface area contributed by atoms with Crippen LogP contribution in [0.15, 0.2) is 477 Å². The molecule has 27 rings (SSSR count). The van der Waals surface area contributed by atoms with Gasteiger partial charge in [-0.2, -0.15) is 0 Å². The number of nitrogens with zero attached hydrogens (tertiary/aromatic N) is 9. The topological polar surface area (TPSA) is 129 Å². The minimum atomic E-state index is -0.635. The molecule has 0 bridgehead atoms. The van der Waals surface area contributed by atoms with Crippen molar-refractivity contribution in [2.75, 3.05) is 0 Å². The molecular formula is C127H78N9OSe3. The summed E-state index contributed by atoms with van der Waals surface area (Å²) in [6.45, 7) is 0. The van der Waals surface area contributed by atoms with Crippen LogP contribution in [0.2, 0.25) is 0 Å². The molecule has 0 saturated carbocycles. The number of furan rings is 1. The summed E-state index contributed by atoms with van der Waals surface area (Å²) in [6.07, 6.45) is 0. The monoisotopic (exact) mass is 2000 g/mol. The predicted octanol–water partition coefficient (Wildman–Crippen LogP) is 31.0. The molecule has 6 aromatic heterocycles. The molecule has 655 valence electrons. The molecule has 0 N–H and O–H groups in total. The third-order valence-electron chi connectivity index (χ3n) is 25.3. The minimum Gasteiger partial charge on any atom is -0.0615 e. The third kappa shape index (κ3) is 16.4. The molecule has 0 spiro atoms. The van der Waals surface area contributed by atoms with Gasteiger partial charge in [0.25, 0.3) is 0 Å². The van der Waals surface area contributed by atoms with E-state index in [9.17, 15) is 0 Å². The fraction of sp³-hybridized carbons (Fsp3) is 0. The Bertz CT molecular complexity index is 10100. The van der Waals surface area contributed by atoms with Gasteiger partial charge in [-0.25, -0.2) is 4.98 Å². The standard InChI is InChI=1S/C49H29N3OSe.C41H25N3Se.C37H24N3Se/c1-3-13-30(14-4-1)36-20-11-21-38-37-26-25-33(29-44(37)54-46(36)38)41-28-34(27-32-17-7-8-18-35(32)41)48-50-47(31-15-5-2-6-16-31)51-49(52-48)40-22-12-24-43-45(40)39-19-9-10-23-42(39)53-43;1-3-10-26(11-4-1)39-42-40(27-12-5-2-6-13-27)44-41(43-39)31-21-23-33-29(25-31)19-18-28-24-30(20-22-32(28)33)34-15-9-16-36-35-14-7-8-17-37(35)45-38(34)36;41-34-32(30-18-9-17-29(23-30)25-11-3-1-4-12-25)19-10-20-33(34)37-39-35(27-14-5-2-6-15-27)38-36(40-37)31-22-21-26-13-7-8-16-28(26)24-31/h1-29H;1-25H;1-24H/i;;1D,3D,4D,9D,10D,11D,12D,17D,18D,19D,20D. The predicted molar refractivity (Wildman–Crippen MR) is 582 cm³/mol. The van der Waals surface area contributed by atoms with Gasteiger partial charge in [0.2, 0.25) is 0 Å². The number of hydrogen-bond acceptors (Lipinski definition) is 10. The summed E-state index contributed by atoms with van der Waals surface area (Å²) in [5.74, 6) is 4.44. The second-order valence-corrected chi connectivity index (χ2v) is 39.1. The van der Waals surface area contributed by atoms with E-state index < -0.39 is 60.4 Å². The SMILES string of the molecule is [2H]c1c(-c2c([2H])c([2H])c([2H])c([2H])c2[2H])cc(-c2c([2H])c([2H])c([2H])c(-c3nc(-c4ccccc4)nc(-c4ccc5ccccc5c4)n3)c2[Se])c([2H])c1[2H].c1ccc(-c2nc(-c3cc(-c4ccc5c(c4)[se]c4c(-c6ccccc6)cccc45)c4ccccc4c3)nc(-c3cccc4oc5ccccc5c34)n2)cc1.c1ccc(-c2nc(-c3ccccc3)nc(-c3ccc4c(ccc5cc(-c6cccc7c6[se]c6ccccc67)ccc54)c3)n2)cc1. The first-order chi connectivity index (χ1) is 73.8. The molecule has 140 heavy (non-hydrogen) atoms. The minimum absolute atomic E-state index is 0.00564. The number of hydrogen-bond donors (Lipinski definition) is 0. The van der Waals surface area contributed by atoms with Crippen LogP contribution < -0.4 is 4.46 Å². The first-order valence-corrected chi connectivity index (χ1v) is 49.9. The Labute approximate surface area is 842 Å². The molecule has 21 aromatic carbocycles. The number of rotatable bonds is 14. The Kier molecular flexibility index (Phi) is 19.4. The van der Waals surface area contributed by atoms with Gasteiger partial charge in [-0.1, -0.05) is 84.9 Å². The molecule has 0 aliphatic rings. The van der Waals surface area contributed by atoms with Crippen LogP contribution in [-0.2, 0) is 0 Å². The van der Waals surface area contributed by atoms with Crippen LogP contribution in [0.4, 0.5) is 0 Å². The van der Waals surface area contributed by atoms with Crippen LogP contribution in [0, 0.1) is 0 Å². The molecule has 6 heterocycles. The molecular weight excluding hydrogens is 1900 g/mol. The van der Waals surface area contributed by atoms with E-state index in [1.807, 2.05) is 182 Å². The first kappa shape index (κ1) is 73.4. The second kappa shape index (κ2) is 36.9. The van der Waals surface area contributed by atoms with Crippen molar-refractivity contribution in [3.8, 4) is 158 Å². The Morgan fingerprint density at radius 3 is 1.20 bits per heavy atom. The van der Waals surface area contributed by atoms with Crippen molar-refractivity contribution in [2.24, 2.45) is 0 Å². The summed E-state index contributed by atoms with van der Waals surface area (Å²) in [7, 11) is 0. The summed E-state index contributed by atoms with van der Waals surface area (Å²) >= 11 is 3.37. The molecule has 0 fully saturated rings. The second-order valence-electron chi connectivity index (χ2n) is 33.8. The molecule has 0 aliphatic heterocycles. The van der Waals surface area contributed by atoms with E-state index in [4.69, 9.17) is 64.4 Å². The van der Waals surface area contributed by atoms with Gasteiger partial charge in [0.15, 0.2) is 11.6 Å². The molecule has 27 aromatic rings. The van der Waals surface area contributed by atoms with Crippen molar-refractivity contribution in [1.82, 2.24) is 44.9 Å². The summed E-state index contributed by atoms with van der Waals surface area (Å²) in [5.41, 5.74) is 15.5. The molecule has 0 aliphatic carbocycles. The van der Waals surface area contributed by atoms with Crippen molar-refractivity contribution in [2.45, 2.75) is 0 Å². The van der Waals surface area contributed by atoms with Crippen molar-refractivity contribution in [3.63, 3.8) is 0 Å². The Morgan fingerprint density at radius 2 is 0.579 bits per heavy atom. The summed E-state index contributed by atoms with van der Waals surface area (Å²) in [6, 6.07) is 134. The van der Waals surface area contributed by atoms with Gasteiger partial charge >= 0.3 is 714 Å². The van der Waals surface area contributed by atoms with Crippen LogP contribution in [0.5, 0.6) is 0 Å². The van der Waals surface area contributed by atoms with Crippen LogP contribution in [-0.4, -0.2) is 89.9 Å². The Morgan fingerprint density at radius 1 is 0.193 bits per heavy atom. The van der Waals surface area contributed by atoms with Gasteiger partial charge in [-0.15, -0.1) is 0 Å². The van der Waals surface area contributed by atoms with Crippen molar-refractivity contribution < 1.29 is 19.5 Å². The van der Waals surface area contributed by atoms with Gasteiger partial charge < -0.3 is 4.42 Å². The molecule has 0 amide bonds. The van der Waals surface area contributed by atoms with E-state index >= 15 is 0 Å². The van der Waals surface area contributed by atoms with Gasteiger partial charge in [-0.05, 0) is 12.1 Å².